The fraction of sp³-hybridized carbons (Fsp3) is 0.826. The topological polar surface area (TPSA) is 83.8 Å². The quantitative estimate of drug-likeness (QED) is 0.109. The van der Waals surface area contributed by atoms with Crippen molar-refractivity contribution in [2.75, 3.05) is 0 Å². The van der Waals surface area contributed by atoms with E-state index < -0.39 is 18.0 Å². The van der Waals surface area contributed by atoms with Crippen molar-refractivity contribution in [2.24, 2.45) is 0 Å². The molecule has 0 amide bonds. The molecule has 0 heterocycles. The van der Waals surface area contributed by atoms with Gasteiger partial charge in [0.25, 0.3) is 0 Å². The molecule has 5 nitrogen and oxygen atoms in total. The Kier molecular flexibility index (Phi) is 17.8. The van der Waals surface area contributed by atoms with Crippen molar-refractivity contribution < 1.29 is 24.5 Å². The van der Waals surface area contributed by atoms with Crippen LogP contribution in [0.4, 0.5) is 0 Å². The number of aliphatic hydroxyl groups is 1. The first kappa shape index (κ1) is 26.5. The number of aliphatic carboxylic acids is 1. The van der Waals surface area contributed by atoms with Crippen molar-refractivity contribution in [1.82, 2.24) is 0 Å². The second-order valence-corrected chi connectivity index (χ2v) is 7.72. The summed E-state index contributed by atoms with van der Waals surface area (Å²) in [5.74, 6) is -1.60. The predicted molar refractivity (Wildman–Crippen MR) is 113 cm³/mol. The van der Waals surface area contributed by atoms with Crippen LogP contribution in [0.3, 0.4) is 0 Å². The fourth-order valence-electron chi connectivity index (χ4n) is 3.22. The first-order valence-corrected chi connectivity index (χ1v) is 11.3. The maximum absolute atomic E-state index is 11.9. The van der Waals surface area contributed by atoms with Gasteiger partial charge in [-0.2, -0.15) is 0 Å². The van der Waals surface area contributed by atoms with E-state index in [1.165, 1.54) is 38.5 Å². The van der Waals surface area contributed by atoms with E-state index in [0.717, 1.165) is 51.0 Å². The van der Waals surface area contributed by atoms with Crippen LogP contribution in [0.5, 0.6) is 0 Å². The van der Waals surface area contributed by atoms with Gasteiger partial charge in [0.05, 0.1) is 18.3 Å². The van der Waals surface area contributed by atoms with E-state index in [9.17, 15) is 14.7 Å². The minimum atomic E-state index is -0.976. The van der Waals surface area contributed by atoms with Gasteiger partial charge in [-0.3, -0.25) is 4.79 Å². The zero-order valence-electron chi connectivity index (χ0n) is 18.1. The van der Waals surface area contributed by atoms with Gasteiger partial charge in [-0.1, -0.05) is 84.5 Å². The van der Waals surface area contributed by atoms with Crippen LogP contribution in [0.15, 0.2) is 11.8 Å². The van der Waals surface area contributed by atoms with Gasteiger partial charge >= 0.3 is 11.9 Å². The lowest BCUT2D eigenvalue weighted by molar-refractivity contribution is -0.148. The molecule has 0 aromatic rings. The number of carbonyl (C=O) groups is 2. The summed E-state index contributed by atoms with van der Waals surface area (Å²) in [7, 11) is 0. The van der Waals surface area contributed by atoms with Crippen LogP contribution in [-0.4, -0.2) is 28.3 Å². The number of allylic oxidation sites excluding steroid dienone is 1. The monoisotopic (exact) mass is 398 g/mol. The third-order valence-corrected chi connectivity index (χ3v) is 4.89. The average Bonchev–Trinajstić information content (AvgIpc) is 2.63. The van der Waals surface area contributed by atoms with E-state index in [0.29, 0.717) is 12.8 Å². The molecule has 2 N–H and O–H groups in total. The van der Waals surface area contributed by atoms with Crippen LogP contribution in [-0.2, 0) is 14.3 Å². The van der Waals surface area contributed by atoms with Crippen molar-refractivity contribution in [3.8, 4) is 0 Å². The first-order chi connectivity index (χ1) is 13.5. The molecule has 164 valence electrons. The number of esters is 1. The molecule has 0 saturated carbocycles. The minimum Gasteiger partial charge on any atom is -0.512 e. The number of unbranched alkanes of at least 4 members (excludes halogenated alkanes) is 11. The summed E-state index contributed by atoms with van der Waals surface area (Å²) in [6.45, 7) is 4.33. The van der Waals surface area contributed by atoms with Crippen molar-refractivity contribution in [3.63, 3.8) is 0 Å². The molecule has 28 heavy (non-hydrogen) atoms. The highest BCUT2D eigenvalue weighted by atomic mass is 16.5. The standard InChI is InChI=1S/C23H42O5/c1-3-5-7-9-10-11-12-13-14-16-20(24)18-23(27)28-21(19-22(25)26)17-15-8-6-4-2/h18,21,24H,3-17,19H2,1-2H3,(H,25,26). The van der Waals surface area contributed by atoms with Crippen LogP contribution in [0.25, 0.3) is 0 Å². The van der Waals surface area contributed by atoms with E-state index in [-0.39, 0.29) is 12.2 Å². The zero-order chi connectivity index (χ0) is 21.0. The summed E-state index contributed by atoms with van der Waals surface area (Å²) < 4.78 is 5.25. The molecular weight excluding hydrogens is 356 g/mol. The number of ether oxygens (including phenoxy) is 1. The Labute approximate surface area is 171 Å². The van der Waals surface area contributed by atoms with Gasteiger partial charge < -0.3 is 14.9 Å². The number of hydrogen-bond acceptors (Lipinski definition) is 4. The summed E-state index contributed by atoms with van der Waals surface area (Å²) in [5, 5.41) is 18.9. The van der Waals surface area contributed by atoms with E-state index in [2.05, 4.69) is 13.8 Å². The van der Waals surface area contributed by atoms with Crippen LogP contribution < -0.4 is 0 Å². The molecule has 0 fully saturated rings. The average molecular weight is 399 g/mol. The molecule has 0 aromatic heterocycles. The van der Waals surface area contributed by atoms with E-state index in [1.807, 2.05) is 0 Å². The maximum Gasteiger partial charge on any atom is 0.334 e. The lowest BCUT2D eigenvalue weighted by Gasteiger charge is -2.15. The summed E-state index contributed by atoms with van der Waals surface area (Å²) in [5.41, 5.74) is 0. The molecule has 0 aliphatic carbocycles. The third kappa shape index (κ3) is 17.9. The van der Waals surface area contributed by atoms with Crippen molar-refractivity contribution >= 4 is 11.9 Å². The number of carbonyl (C=O) groups excluding carboxylic acids is 1. The number of carboxylic acid groups (broad SMARTS) is 1. The number of carboxylic acids is 1. The highest BCUT2D eigenvalue weighted by molar-refractivity contribution is 5.82. The lowest BCUT2D eigenvalue weighted by Crippen LogP contribution is -2.21. The summed E-state index contributed by atoms with van der Waals surface area (Å²) in [4.78, 5) is 22.9. The maximum atomic E-state index is 11.9. The molecular formula is C23H42O5. The van der Waals surface area contributed by atoms with Crippen molar-refractivity contribution in [2.45, 2.75) is 123 Å². The largest absolute Gasteiger partial charge is 0.512 e. The molecule has 5 heteroatoms. The first-order valence-electron chi connectivity index (χ1n) is 11.3. The van der Waals surface area contributed by atoms with Crippen LogP contribution >= 0.6 is 0 Å². The Morgan fingerprint density at radius 1 is 0.786 bits per heavy atom. The normalized spacial score (nSPS) is 12.7. The van der Waals surface area contributed by atoms with Crippen LogP contribution in [0, 0.1) is 0 Å². The van der Waals surface area contributed by atoms with Crippen molar-refractivity contribution in [3.05, 3.63) is 11.8 Å². The van der Waals surface area contributed by atoms with Crippen LogP contribution in [0.1, 0.15) is 117 Å². The van der Waals surface area contributed by atoms with Gasteiger partial charge in [0, 0.05) is 6.42 Å². The second-order valence-electron chi connectivity index (χ2n) is 7.72. The Morgan fingerprint density at radius 2 is 1.29 bits per heavy atom. The second kappa shape index (κ2) is 18.8. The predicted octanol–water partition coefficient (Wildman–Crippen LogP) is 6.71. The number of rotatable bonds is 19. The Hall–Kier alpha value is -1.52. The molecule has 1 atom stereocenters. The molecule has 0 bridgehead atoms. The van der Waals surface area contributed by atoms with Gasteiger partial charge in [-0.15, -0.1) is 0 Å². The van der Waals surface area contributed by atoms with Gasteiger partial charge in [0.15, 0.2) is 0 Å². The fourth-order valence-corrected chi connectivity index (χ4v) is 3.22. The van der Waals surface area contributed by atoms with E-state index >= 15 is 0 Å². The third-order valence-electron chi connectivity index (χ3n) is 4.89. The molecule has 0 spiro atoms. The van der Waals surface area contributed by atoms with Gasteiger partial charge in [-0.05, 0) is 19.3 Å². The highest BCUT2D eigenvalue weighted by Crippen LogP contribution is 2.14. The smallest absolute Gasteiger partial charge is 0.334 e. The number of hydrogen-bond donors (Lipinski definition) is 2. The van der Waals surface area contributed by atoms with Gasteiger partial charge in [0.1, 0.15) is 6.10 Å². The van der Waals surface area contributed by atoms with Crippen molar-refractivity contribution in [1.29, 1.82) is 0 Å². The highest BCUT2D eigenvalue weighted by Gasteiger charge is 2.17. The van der Waals surface area contributed by atoms with E-state index in [1.54, 1.807) is 0 Å². The SMILES string of the molecule is CCCCCCCCCCCC(O)=CC(=O)OC(CCCCCC)CC(=O)O. The van der Waals surface area contributed by atoms with Crippen LogP contribution in [0.2, 0.25) is 0 Å². The lowest BCUT2D eigenvalue weighted by atomic mass is 10.1. The van der Waals surface area contributed by atoms with Gasteiger partial charge in [0.2, 0.25) is 0 Å². The minimum absolute atomic E-state index is 0.0213. The zero-order valence-corrected chi connectivity index (χ0v) is 18.1. The molecule has 1 unspecified atom stereocenters. The summed E-state index contributed by atoms with van der Waals surface area (Å²) in [6, 6.07) is 0. The number of aliphatic hydroxyl groups excluding tert-OH is 1. The molecule has 0 aliphatic rings. The Balaban J connectivity index is 4.01. The molecule has 0 radical (unpaired) electrons. The Bertz CT molecular complexity index is 431. The molecule has 0 saturated heterocycles. The van der Waals surface area contributed by atoms with E-state index in [4.69, 9.17) is 9.84 Å². The molecule has 0 rings (SSSR count). The van der Waals surface area contributed by atoms with Gasteiger partial charge in [-0.25, -0.2) is 4.79 Å². The molecule has 0 aromatic carbocycles. The Morgan fingerprint density at radius 3 is 1.82 bits per heavy atom. The molecule has 0 aliphatic heterocycles. The summed E-state index contributed by atoms with van der Waals surface area (Å²) in [6.07, 6.45) is 16.1. The summed E-state index contributed by atoms with van der Waals surface area (Å²) >= 11 is 0.